The topological polar surface area (TPSA) is 64.6 Å². The van der Waals surface area contributed by atoms with Crippen molar-refractivity contribution < 1.29 is 19.1 Å². The zero-order valence-corrected chi connectivity index (χ0v) is 10.2. The van der Waals surface area contributed by atoms with Gasteiger partial charge >= 0.3 is 5.97 Å². The highest BCUT2D eigenvalue weighted by molar-refractivity contribution is 5.77. The minimum absolute atomic E-state index is 0.0466. The van der Waals surface area contributed by atoms with Crippen LogP contribution in [0.15, 0.2) is 0 Å². The molecule has 0 aromatic heterocycles. The maximum atomic E-state index is 11.2. The van der Waals surface area contributed by atoms with Crippen LogP contribution in [0.3, 0.4) is 0 Å². The van der Waals surface area contributed by atoms with Crippen molar-refractivity contribution in [2.75, 3.05) is 19.8 Å². The lowest BCUT2D eigenvalue weighted by Gasteiger charge is -2.08. The lowest BCUT2D eigenvalue weighted by molar-refractivity contribution is -0.143. The van der Waals surface area contributed by atoms with Gasteiger partial charge in [-0.2, -0.15) is 0 Å². The lowest BCUT2D eigenvalue weighted by Crippen LogP contribution is -2.29. The van der Waals surface area contributed by atoms with Crippen molar-refractivity contribution in [1.82, 2.24) is 5.32 Å². The number of hydrogen-bond donors (Lipinski definition) is 1. The first-order valence-corrected chi connectivity index (χ1v) is 5.60. The van der Waals surface area contributed by atoms with Crippen LogP contribution in [-0.4, -0.2) is 37.7 Å². The Morgan fingerprint density at radius 3 is 2.56 bits per heavy atom. The standard InChI is InChI=1S/C11H21NO4/c1-4-15-11(14)6-5-7-12-10(13)8-16-9(2)3/h9H,4-8H2,1-3H3,(H,12,13). The van der Waals surface area contributed by atoms with Gasteiger partial charge in [0, 0.05) is 13.0 Å². The molecule has 0 radical (unpaired) electrons. The Kier molecular flexibility index (Phi) is 8.52. The third-order valence-corrected chi connectivity index (χ3v) is 1.73. The molecule has 0 saturated carbocycles. The van der Waals surface area contributed by atoms with Crippen molar-refractivity contribution in [3.05, 3.63) is 0 Å². The summed E-state index contributed by atoms with van der Waals surface area (Å²) in [6, 6.07) is 0. The summed E-state index contributed by atoms with van der Waals surface area (Å²) in [5.74, 6) is -0.382. The van der Waals surface area contributed by atoms with E-state index in [1.54, 1.807) is 6.92 Å². The molecule has 0 aromatic rings. The van der Waals surface area contributed by atoms with Gasteiger partial charge in [0.15, 0.2) is 0 Å². The summed E-state index contributed by atoms with van der Waals surface area (Å²) >= 11 is 0. The monoisotopic (exact) mass is 231 g/mol. The predicted octanol–water partition coefficient (Wildman–Crippen LogP) is 0.871. The van der Waals surface area contributed by atoms with Crippen LogP contribution < -0.4 is 5.32 Å². The molecule has 16 heavy (non-hydrogen) atoms. The molecule has 0 aromatic carbocycles. The van der Waals surface area contributed by atoms with Gasteiger partial charge in [-0.25, -0.2) is 0 Å². The molecule has 0 aliphatic rings. The molecule has 5 nitrogen and oxygen atoms in total. The van der Waals surface area contributed by atoms with Crippen LogP contribution in [0.1, 0.15) is 33.6 Å². The second-order valence-electron chi connectivity index (χ2n) is 3.62. The van der Waals surface area contributed by atoms with E-state index in [-0.39, 0.29) is 24.6 Å². The Balaban J connectivity index is 3.37. The van der Waals surface area contributed by atoms with Gasteiger partial charge in [0.25, 0.3) is 0 Å². The number of nitrogens with one attached hydrogen (secondary N) is 1. The maximum absolute atomic E-state index is 11.2. The fourth-order valence-corrected chi connectivity index (χ4v) is 0.987. The van der Waals surface area contributed by atoms with Crippen molar-refractivity contribution in [1.29, 1.82) is 0 Å². The molecule has 0 heterocycles. The molecular formula is C11H21NO4. The molecule has 0 spiro atoms. The van der Waals surface area contributed by atoms with E-state index in [0.717, 1.165) is 0 Å². The quantitative estimate of drug-likeness (QED) is 0.497. The largest absolute Gasteiger partial charge is 0.466 e. The Morgan fingerprint density at radius 2 is 2.00 bits per heavy atom. The summed E-state index contributed by atoms with van der Waals surface area (Å²) in [5, 5.41) is 2.66. The number of carbonyl (C=O) groups is 2. The van der Waals surface area contributed by atoms with E-state index < -0.39 is 0 Å². The van der Waals surface area contributed by atoms with Crippen molar-refractivity contribution in [3.8, 4) is 0 Å². The van der Waals surface area contributed by atoms with Crippen LogP contribution in [0.5, 0.6) is 0 Å². The molecule has 0 unspecified atom stereocenters. The van der Waals surface area contributed by atoms with Crippen molar-refractivity contribution in [2.45, 2.75) is 39.7 Å². The van der Waals surface area contributed by atoms with Gasteiger partial charge in [-0.3, -0.25) is 9.59 Å². The van der Waals surface area contributed by atoms with E-state index in [1.807, 2.05) is 13.8 Å². The van der Waals surface area contributed by atoms with Crippen LogP contribution in [-0.2, 0) is 19.1 Å². The molecule has 0 atom stereocenters. The number of hydrogen-bond acceptors (Lipinski definition) is 4. The third kappa shape index (κ3) is 9.45. The number of amides is 1. The maximum Gasteiger partial charge on any atom is 0.305 e. The zero-order chi connectivity index (χ0) is 12.4. The fourth-order valence-electron chi connectivity index (χ4n) is 0.987. The summed E-state index contributed by atoms with van der Waals surface area (Å²) in [6.45, 7) is 6.44. The van der Waals surface area contributed by atoms with Gasteiger partial charge in [0.05, 0.1) is 12.7 Å². The second-order valence-corrected chi connectivity index (χ2v) is 3.62. The smallest absolute Gasteiger partial charge is 0.305 e. The molecule has 0 aliphatic heterocycles. The Morgan fingerprint density at radius 1 is 1.31 bits per heavy atom. The van der Waals surface area contributed by atoms with Crippen molar-refractivity contribution in [2.24, 2.45) is 0 Å². The van der Waals surface area contributed by atoms with E-state index in [4.69, 9.17) is 9.47 Å². The first kappa shape index (κ1) is 14.9. The number of rotatable bonds is 8. The van der Waals surface area contributed by atoms with Gasteiger partial charge in [-0.1, -0.05) is 0 Å². The molecule has 0 aliphatic carbocycles. The molecule has 1 N–H and O–H groups in total. The summed E-state index contributed by atoms with van der Waals surface area (Å²) in [7, 11) is 0. The molecule has 0 saturated heterocycles. The molecule has 0 bridgehead atoms. The van der Waals surface area contributed by atoms with Crippen LogP contribution in [0, 0.1) is 0 Å². The number of esters is 1. The third-order valence-electron chi connectivity index (χ3n) is 1.73. The highest BCUT2D eigenvalue weighted by atomic mass is 16.5. The van der Waals surface area contributed by atoms with Crippen LogP contribution in [0.25, 0.3) is 0 Å². The Hall–Kier alpha value is -1.10. The normalized spacial score (nSPS) is 10.2. The number of carbonyl (C=O) groups excluding carboxylic acids is 2. The molecule has 0 fully saturated rings. The van der Waals surface area contributed by atoms with E-state index in [0.29, 0.717) is 26.0 Å². The van der Waals surface area contributed by atoms with Crippen molar-refractivity contribution >= 4 is 11.9 Å². The summed E-state index contributed by atoms with van der Waals surface area (Å²) in [5.41, 5.74) is 0. The van der Waals surface area contributed by atoms with Gasteiger partial charge in [0.1, 0.15) is 6.61 Å². The molecule has 1 amide bonds. The summed E-state index contributed by atoms with van der Waals surface area (Å²) < 4.78 is 9.87. The average molecular weight is 231 g/mol. The van der Waals surface area contributed by atoms with Crippen LogP contribution in [0.4, 0.5) is 0 Å². The highest BCUT2D eigenvalue weighted by Gasteiger charge is 2.04. The number of ether oxygens (including phenoxy) is 2. The predicted molar refractivity (Wildman–Crippen MR) is 60.0 cm³/mol. The first-order chi connectivity index (χ1) is 7.56. The fraction of sp³-hybridized carbons (Fsp3) is 0.818. The first-order valence-electron chi connectivity index (χ1n) is 5.60. The SMILES string of the molecule is CCOC(=O)CCCNC(=O)COC(C)C. The Bertz CT molecular complexity index is 216. The molecular weight excluding hydrogens is 210 g/mol. The van der Waals surface area contributed by atoms with Gasteiger partial charge < -0.3 is 14.8 Å². The zero-order valence-electron chi connectivity index (χ0n) is 10.2. The van der Waals surface area contributed by atoms with Gasteiger partial charge in [-0.15, -0.1) is 0 Å². The van der Waals surface area contributed by atoms with Crippen LogP contribution >= 0.6 is 0 Å². The van der Waals surface area contributed by atoms with Crippen molar-refractivity contribution in [3.63, 3.8) is 0 Å². The average Bonchev–Trinajstić information content (AvgIpc) is 2.22. The molecule has 94 valence electrons. The van der Waals surface area contributed by atoms with E-state index in [9.17, 15) is 9.59 Å². The minimum Gasteiger partial charge on any atom is -0.466 e. The summed E-state index contributed by atoms with van der Waals surface area (Å²) in [6.07, 6.45) is 0.969. The minimum atomic E-state index is -0.227. The summed E-state index contributed by atoms with van der Waals surface area (Å²) in [4.78, 5) is 22.1. The van der Waals surface area contributed by atoms with E-state index in [2.05, 4.69) is 5.32 Å². The Labute approximate surface area is 96.5 Å². The second kappa shape index (κ2) is 9.15. The highest BCUT2D eigenvalue weighted by Crippen LogP contribution is 1.92. The van der Waals surface area contributed by atoms with Crippen LogP contribution in [0.2, 0.25) is 0 Å². The van der Waals surface area contributed by atoms with E-state index in [1.165, 1.54) is 0 Å². The lowest BCUT2D eigenvalue weighted by atomic mass is 10.3. The van der Waals surface area contributed by atoms with Gasteiger partial charge in [0.2, 0.25) is 5.91 Å². The molecule has 0 rings (SSSR count). The van der Waals surface area contributed by atoms with Gasteiger partial charge in [-0.05, 0) is 27.2 Å². The molecule has 5 heteroatoms. The van der Waals surface area contributed by atoms with E-state index >= 15 is 0 Å².